The first kappa shape index (κ1) is 54.9. The Morgan fingerprint density at radius 2 is 1.02 bits per heavy atom. The lowest BCUT2D eigenvalue weighted by molar-refractivity contribution is -0.161. The number of likely N-dealkylation sites (N-methyl/N-ethyl adjacent to an activating group) is 1. The SMILES string of the molecule is CC/C=C\C/C=C\C/C=C\C/C=C\C/C=C\C/C=C\CCC(=O)OC(COC(=O)CCCCCCCCC/C=C\C/C=C\CCCCC)COP(=O)(O)OCCNC. The van der Waals surface area contributed by atoms with E-state index in [2.05, 4.69) is 104 Å². The zero-order valence-corrected chi connectivity index (χ0v) is 37.3. The minimum atomic E-state index is -4.38. The van der Waals surface area contributed by atoms with Crippen LogP contribution >= 0.6 is 7.82 Å². The third-order valence-electron chi connectivity index (χ3n) is 8.70. The van der Waals surface area contributed by atoms with Gasteiger partial charge in [-0.15, -0.1) is 0 Å². The van der Waals surface area contributed by atoms with Crippen LogP contribution < -0.4 is 5.32 Å². The molecule has 2 unspecified atom stereocenters. The molecule has 0 aromatic heterocycles. The quantitative estimate of drug-likeness (QED) is 0.0269. The summed E-state index contributed by atoms with van der Waals surface area (Å²) in [5.41, 5.74) is 0. The van der Waals surface area contributed by atoms with Crippen molar-refractivity contribution >= 4 is 19.8 Å². The molecule has 0 heterocycles. The van der Waals surface area contributed by atoms with E-state index in [0.29, 0.717) is 19.4 Å². The maximum Gasteiger partial charge on any atom is 0.472 e. The van der Waals surface area contributed by atoms with E-state index in [1.165, 1.54) is 44.9 Å². The van der Waals surface area contributed by atoms with Crippen molar-refractivity contribution in [2.24, 2.45) is 0 Å². The highest BCUT2D eigenvalue weighted by Crippen LogP contribution is 2.43. The number of ether oxygens (including phenoxy) is 2. The van der Waals surface area contributed by atoms with Gasteiger partial charge in [-0.2, -0.15) is 0 Å². The van der Waals surface area contributed by atoms with Crippen LogP contribution in [0.25, 0.3) is 0 Å². The number of esters is 2. The molecular formula is C48H80NO8P. The molecule has 9 nitrogen and oxygen atoms in total. The van der Waals surface area contributed by atoms with Crippen LogP contribution in [0.1, 0.15) is 155 Å². The largest absolute Gasteiger partial charge is 0.472 e. The summed E-state index contributed by atoms with van der Waals surface area (Å²) in [7, 11) is -2.69. The minimum absolute atomic E-state index is 0.0373. The summed E-state index contributed by atoms with van der Waals surface area (Å²) in [6.45, 7) is 3.97. The van der Waals surface area contributed by atoms with Gasteiger partial charge in [0.25, 0.3) is 0 Å². The Bertz CT molecular complexity index is 1270. The van der Waals surface area contributed by atoms with Gasteiger partial charge in [0.2, 0.25) is 0 Å². The number of hydrogen-bond donors (Lipinski definition) is 2. The molecule has 10 heteroatoms. The van der Waals surface area contributed by atoms with Crippen LogP contribution in [0, 0.1) is 0 Å². The molecule has 0 bridgehead atoms. The molecule has 2 N–H and O–H groups in total. The second-order valence-electron chi connectivity index (χ2n) is 14.1. The number of carbonyl (C=O) groups is 2. The molecule has 58 heavy (non-hydrogen) atoms. The number of unbranched alkanes of at least 4 members (excludes halogenated alkanes) is 10. The lowest BCUT2D eigenvalue weighted by Crippen LogP contribution is -2.29. The Kier molecular flexibility index (Phi) is 41.2. The summed E-state index contributed by atoms with van der Waals surface area (Å²) in [6, 6.07) is 0. The molecule has 0 aromatic carbocycles. The first-order valence-electron chi connectivity index (χ1n) is 22.2. The maximum absolute atomic E-state index is 12.6. The van der Waals surface area contributed by atoms with Gasteiger partial charge < -0.3 is 19.7 Å². The van der Waals surface area contributed by atoms with E-state index < -0.39 is 32.5 Å². The zero-order valence-electron chi connectivity index (χ0n) is 36.5. The van der Waals surface area contributed by atoms with Crippen molar-refractivity contribution in [3.05, 3.63) is 97.2 Å². The van der Waals surface area contributed by atoms with E-state index in [4.69, 9.17) is 18.5 Å². The zero-order chi connectivity index (χ0) is 42.5. The highest BCUT2D eigenvalue weighted by Gasteiger charge is 2.26. The fourth-order valence-electron chi connectivity index (χ4n) is 5.37. The normalized spacial score (nSPS) is 14.2. The number of phosphoric acid groups is 1. The standard InChI is InChI=1S/C48H80NO8P/c1-4-6-8-10-12-14-16-18-20-22-23-25-27-29-31-33-35-37-39-41-48(51)57-46(45-56-58(52,53)55-43-42-49-3)44-54-47(50)40-38-36-34-32-30-28-26-24-21-19-17-15-13-11-9-7-5-2/h6,8,12-15,18-21,23,25,29,31,35,37,46,49H,4-5,7,9-11,16-17,22,24,26-28,30,32-34,36,38-45H2,1-3H3,(H,52,53)/b8-6-,14-12-,15-13-,20-18-,21-19-,25-23-,31-29-,37-35-. The van der Waals surface area contributed by atoms with Crippen LogP contribution in [-0.2, 0) is 32.7 Å². The van der Waals surface area contributed by atoms with Gasteiger partial charge in [0, 0.05) is 19.4 Å². The monoisotopic (exact) mass is 830 g/mol. The van der Waals surface area contributed by atoms with Gasteiger partial charge in [0.1, 0.15) is 6.61 Å². The van der Waals surface area contributed by atoms with Gasteiger partial charge in [-0.3, -0.25) is 18.6 Å². The van der Waals surface area contributed by atoms with Crippen molar-refractivity contribution in [3.63, 3.8) is 0 Å². The van der Waals surface area contributed by atoms with Crippen LogP contribution in [-0.4, -0.2) is 56.3 Å². The van der Waals surface area contributed by atoms with Crippen LogP contribution in [0.5, 0.6) is 0 Å². The lowest BCUT2D eigenvalue weighted by atomic mass is 10.1. The Balaban J connectivity index is 4.37. The number of rotatable bonds is 40. The van der Waals surface area contributed by atoms with Gasteiger partial charge >= 0.3 is 19.8 Å². The van der Waals surface area contributed by atoms with Gasteiger partial charge in [0.15, 0.2) is 6.10 Å². The molecule has 0 saturated heterocycles. The fraction of sp³-hybridized carbons (Fsp3) is 0.625. The highest BCUT2D eigenvalue weighted by molar-refractivity contribution is 7.47. The predicted molar refractivity (Wildman–Crippen MR) is 243 cm³/mol. The summed E-state index contributed by atoms with van der Waals surface area (Å²) in [6.07, 6.45) is 54.6. The van der Waals surface area contributed by atoms with Crippen LogP contribution in [0.15, 0.2) is 97.2 Å². The van der Waals surface area contributed by atoms with Gasteiger partial charge in [-0.05, 0) is 90.5 Å². The van der Waals surface area contributed by atoms with Gasteiger partial charge in [-0.1, -0.05) is 156 Å². The van der Waals surface area contributed by atoms with Crippen molar-refractivity contribution in [1.82, 2.24) is 5.32 Å². The van der Waals surface area contributed by atoms with E-state index in [9.17, 15) is 19.0 Å². The van der Waals surface area contributed by atoms with Gasteiger partial charge in [0.05, 0.1) is 13.2 Å². The first-order valence-corrected chi connectivity index (χ1v) is 23.7. The molecule has 0 amide bonds. The molecule has 0 rings (SSSR count). The summed E-state index contributed by atoms with van der Waals surface area (Å²) < 4.78 is 33.1. The second kappa shape index (κ2) is 43.5. The molecule has 0 radical (unpaired) electrons. The first-order chi connectivity index (χ1) is 28.3. The van der Waals surface area contributed by atoms with Crippen molar-refractivity contribution in [2.75, 3.05) is 33.4 Å². The minimum Gasteiger partial charge on any atom is -0.462 e. The van der Waals surface area contributed by atoms with Crippen LogP contribution in [0.3, 0.4) is 0 Å². The summed E-state index contributed by atoms with van der Waals surface area (Å²) in [5, 5.41) is 2.81. The predicted octanol–water partition coefficient (Wildman–Crippen LogP) is 12.9. The number of hydrogen-bond acceptors (Lipinski definition) is 8. The Morgan fingerprint density at radius 3 is 1.53 bits per heavy atom. The average Bonchev–Trinajstić information content (AvgIpc) is 3.21. The number of nitrogens with one attached hydrogen (secondary N) is 1. The Morgan fingerprint density at radius 1 is 0.552 bits per heavy atom. The van der Waals surface area contributed by atoms with E-state index in [1.807, 2.05) is 12.2 Å². The van der Waals surface area contributed by atoms with Gasteiger partial charge in [-0.25, -0.2) is 4.57 Å². The molecule has 0 aliphatic rings. The summed E-state index contributed by atoms with van der Waals surface area (Å²) in [5.74, 6) is -0.923. The Labute approximate surface area is 353 Å². The van der Waals surface area contributed by atoms with Crippen molar-refractivity contribution < 1.29 is 37.6 Å². The Hall–Kier alpha value is -3.07. The number of carbonyl (C=O) groups excluding carboxylic acids is 2. The number of allylic oxidation sites excluding steroid dienone is 16. The smallest absolute Gasteiger partial charge is 0.462 e. The third-order valence-corrected chi connectivity index (χ3v) is 9.69. The molecule has 330 valence electrons. The van der Waals surface area contributed by atoms with E-state index in [0.717, 1.165) is 70.6 Å². The van der Waals surface area contributed by atoms with E-state index in [1.54, 1.807) is 7.05 Å². The fourth-order valence-corrected chi connectivity index (χ4v) is 6.12. The van der Waals surface area contributed by atoms with Crippen LogP contribution in [0.4, 0.5) is 0 Å². The molecule has 0 aliphatic heterocycles. The average molecular weight is 830 g/mol. The molecule has 0 spiro atoms. The molecule has 2 atom stereocenters. The maximum atomic E-state index is 12.6. The topological polar surface area (TPSA) is 120 Å². The van der Waals surface area contributed by atoms with E-state index in [-0.39, 0.29) is 26.1 Å². The van der Waals surface area contributed by atoms with E-state index >= 15 is 0 Å². The van der Waals surface area contributed by atoms with Crippen molar-refractivity contribution in [2.45, 2.75) is 161 Å². The lowest BCUT2D eigenvalue weighted by Gasteiger charge is -2.19. The highest BCUT2D eigenvalue weighted by atomic mass is 31.2. The molecule has 0 saturated carbocycles. The third kappa shape index (κ3) is 42.5. The molecule has 0 aliphatic carbocycles. The molecular weight excluding hydrogens is 750 g/mol. The summed E-state index contributed by atoms with van der Waals surface area (Å²) >= 11 is 0. The summed E-state index contributed by atoms with van der Waals surface area (Å²) in [4.78, 5) is 35.1. The second-order valence-corrected chi connectivity index (χ2v) is 15.6. The van der Waals surface area contributed by atoms with Crippen LogP contribution in [0.2, 0.25) is 0 Å². The molecule has 0 fully saturated rings. The molecule has 0 aromatic rings. The van der Waals surface area contributed by atoms with Crippen molar-refractivity contribution in [3.8, 4) is 0 Å². The number of phosphoric ester groups is 1. The van der Waals surface area contributed by atoms with Crippen molar-refractivity contribution in [1.29, 1.82) is 0 Å².